The molecule has 0 bridgehead atoms. The SMILES string of the molecule is COC(=O)CCc1c(-c2ccsc2)c(C(N)=O)c(C)n1C(C)C. The smallest absolute Gasteiger partial charge is 0.305 e. The Labute approximate surface area is 140 Å². The van der Waals surface area contributed by atoms with E-state index in [1.807, 2.05) is 23.8 Å². The number of hydrogen-bond acceptors (Lipinski definition) is 4. The molecule has 1 amide bonds. The number of rotatable bonds is 6. The first-order valence-electron chi connectivity index (χ1n) is 7.51. The minimum Gasteiger partial charge on any atom is -0.469 e. The Morgan fingerprint density at radius 3 is 2.57 bits per heavy atom. The fourth-order valence-corrected chi connectivity index (χ4v) is 3.70. The number of hydrogen-bond donors (Lipinski definition) is 1. The number of carbonyl (C=O) groups excluding carboxylic acids is 2. The standard InChI is InChI=1S/C17H22N2O3S/c1-10(2)19-11(3)15(17(18)21)16(12-7-8-23-9-12)13(19)5-6-14(20)22-4/h7-10H,5-6H2,1-4H3,(H2,18,21). The van der Waals surface area contributed by atoms with E-state index >= 15 is 0 Å². The third kappa shape index (κ3) is 3.32. The van der Waals surface area contributed by atoms with Gasteiger partial charge in [0.2, 0.25) is 0 Å². The van der Waals surface area contributed by atoms with Crippen LogP contribution in [0.4, 0.5) is 0 Å². The molecule has 2 rings (SSSR count). The average molecular weight is 334 g/mol. The summed E-state index contributed by atoms with van der Waals surface area (Å²) in [5.41, 5.74) is 9.78. The van der Waals surface area contributed by atoms with E-state index in [-0.39, 0.29) is 18.4 Å². The van der Waals surface area contributed by atoms with Crippen molar-refractivity contribution in [2.24, 2.45) is 5.73 Å². The molecule has 124 valence electrons. The number of amides is 1. The van der Waals surface area contributed by atoms with E-state index in [1.54, 1.807) is 11.3 Å². The Hall–Kier alpha value is -2.08. The monoisotopic (exact) mass is 334 g/mol. The molecule has 0 aliphatic heterocycles. The zero-order valence-corrected chi connectivity index (χ0v) is 14.7. The molecule has 0 saturated heterocycles. The van der Waals surface area contributed by atoms with Crippen LogP contribution >= 0.6 is 11.3 Å². The third-order valence-electron chi connectivity index (χ3n) is 3.92. The van der Waals surface area contributed by atoms with Gasteiger partial charge in [-0.2, -0.15) is 11.3 Å². The maximum Gasteiger partial charge on any atom is 0.305 e. The number of aromatic nitrogens is 1. The second-order valence-electron chi connectivity index (χ2n) is 5.70. The molecule has 0 radical (unpaired) electrons. The summed E-state index contributed by atoms with van der Waals surface area (Å²) >= 11 is 1.56. The molecule has 2 heterocycles. The number of nitrogens with two attached hydrogens (primary N) is 1. The lowest BCUT2D eigenvalue weighted by atomic mass is 10.0. The highest BCUT2D eigenvalue weighted by atomic mass is 32.1. The van der Waals surface area contributed by atoms with Crippen molar-refractivity contribution in [2.45, 2.75) is 39.7 Å². The first kappa shape index (κ1) is 17.3. The summed E-state index contributed by atoms with van der Waals surface area (Å²) in [6.07, 6.45) is 0.770. The molecule has 0 atom stereocenters. The molecular formula is C17H22N2O3S. The Balaban J connectivity index is 2.66. The average Bonchev–Trinajstić information content (AvgIpc) is 3.09. The molecule has 2 aromatic rings. The first-order chi connectivity index (χ1) is 10.9. The van der Waals surface area contributed by atoms with Crippen molar-refractivity contribution in [1.29, 1.82) is 0 Å². The van der Waals surface area contributed by atoms with Gasteiger partial charge >= 0.3 is 5.97 Å². The van der Waals surface area contributed by atoms with Crippen molar-refractivity contribution in [2.75, 3.05) is 7.11 Å². The summed E-state index contributed by atoms with van der Waals surface area (Å²) in [5, 5.41) is 3.96. The fraction of sp³-hybridized carbons (Fsp3) is 0.412. The van der Waals surface area contributed by atoms with Crippen LogP contribution in [0.2, 0.25) is 0 Å². The quantitative estimate of drug-likeness (QED) is 0.824. The van der Waals surface area contributed by atoms with E-state index in [9.17, 15) is 9.59 Å². The normalized spacial score (nSPS) is 11.0. The van der Waals surface area contributed by atoms with Crippen molar-refractivity contribution in [1.82, 2.24) is 4.57 Å². The van der Waals surface area contributed by atoms with Gasteiger partial charge in [-0.25, -0.2) is 0 Å². The van der Waals surface area contributed by atoms with Crippen molar-refractivity contribution >= 4 is 23.2 Å². The first-order valence-corrected chi connectivity index (χ1v) is 8.45. The van der Waals surface area contributed by atoms with Crippen LogP contribution in [-0.4, -0.2) is 23.6 Å². The number of carbonyl (C=O) groups is 2. The highest BCUT2D eigenvalue weighted by Gasteiger charge is 2.26. The molecule has 23 heavy (non-hydrogen) atoms. The third-order valence-corrected chi connectivity index (χ3v) is 4.60. The van der Waals surface area contributed by atoms with Crippen molar-refractivity contribution in [3.05, 3.63) is 33.8 Å². The van der Waals surface area contributed by atoms with Gasteiger partial charge in [0.05, 0.1) is 19.1 Å². The minimum atomic E-state index is -0.442. The van der Waals surface area contributed by atoms with E-state index in [0.29, 0.717) is 12.0 Å². The zero-order valence-electron chi connectivity index (χ0n) is 13.9. The number of methoxy groups -OCH3 is 1. The maximum absolute atomic E-state index is 12.0. The molecule has 0 saturated carbocycles. The molecule has 0 unspecified atom stereocenters. The second-order valence-corrected chi connectivity index (χ2v) is 6.48. The number of ether oxygens (including phenoxy) is 1. The molecule has 2 aromatic heterocycles. The lowest BCUT2D eigenvalue weighted by Crippen LogP contribution is -2.14. The van der Waals surface area contributed by atoms with Gasteiger partial charge in [0, 0.05) is 23.0 Å². The molecular weight excluding hydrogens is 312 g/mol. The van der Waals surface area contributed by atoms with Crippen molar-refractivity contribution in [3.8, 4) is 11.1 Å². The molecule has 2 N–H and O–H groups in total. The molecule has 0 aromatic carbocycles. The van der Waals surface area contributed by atoms with Crippen LogP contribution in [0.15, 0.2) is 16.8 Å². The van der Waals surface area contributed by atoms with Gasteiger partial charge in [-0.1, -0.05) is 0 Å². The lowest BCUT2D eigenvalue weighted by Gasteiger charge is -2.16. The van der Waals surface area contributed by atoms with E-state index in [2.05, 4.69) is 18.4 Å². The predicted molar refractivity (Wildman–Crippen MR) is 91.7 cm³/mol. The highest BCUT2D eigenvalue weighted by molar-refractivity contribution is 7.08. The minimum absolute atomic E-state index is 0.160. The number of thiophene rings is 1. The number of nitrogens with zero attached hydrogens (tertiary/aromatic N) is 1. The Bertz CT molecular complexity index is 715. The van der Waals surface area contributed by atoms with Crippen LogP contribution in [0.25, 0.3) is 11.1 Å². The molecule has 0 fully saturated rings. The van der Waals surface area contributed by atoms with E-state index < -0.39 is 5.91 Å². The lowest BCUT2D eigenvalue weighted by molar-refractivity contribution is -0.140. The number of esters is 1. The van der Waals surface area contributed by atoms with Crippen LogP contribution in [0, 0.1) is 6.92 Å². The van der Waals surface area contributed by atoms with Gasteiger partial charge < -0.3 is 15.0 Å². The fourth-order valence-electron chi connectivity index (χ4n) is 3.05. The summed E-state index contributed by atoms with van der Waals surface area (Å²) in [5.74, 6) is -0.710. The molecule has 0 spiro atoms. The van der Waals surface area contributed by atoms with Crippen molar-refractivity contribution < 1.29 is 14.3 Å². The maximum atomic E-state index is 12.0. The largest absolute Gasteiger partial charge is 0.469 e. The zero-order chi connectivity index (χ0) is 17.1. The molecule has 6 heteroatoms. The Morgan fingerprint density at radius 2 is 2.09 bits per heavy atom. The Morgan fingerprint density at radius 1 is 1.39 bits per heavy atom. The molecule has 0 aliphatic carbocycles. The van der Waals surface area contributed by atoms with E-state index in [0.717, 1.165) is 22.5 Å². The van der Waals surface area contributed by atoms with E-state index in [1.165, 1.54) is 7.11 Å². The second kappa shape index (κ2) is 7.00. The Kier molecular flexibility index (Phi) is 5.26. The summed E-state index contributed by atoms with van der Waals surface area (Å²) in [6.45, 7) is 6.01. The molecule has 0 aliphatic rings. The van der Waals surface area contributed by atoms with Gasteiger partial charge in [0.1, 0.15) is 0 Å². The molecule has 5 nitrogen and oxygen atoms in total. The van der Waals surface area contributed by atoms with E-state index in [4.69, 9.17) is 10.5 Å². The summed E-state index contributed by atoms with van der Waals surface area (Å²) in [6, 6.07) is 2.13. The van der Waals surface area contributed by atoms with Crippen LogP contribution in [0.1, 0.15) is 48.1 Å². The topological polar surface area (TPSA) is 74.3 Å². The number of primary amides is 1. The van der Waals surface area contributed by atoms with Crippen LogP contribution in [0.5, 0.6) is 0 Å². The van der Waals surface area contributed by atoms with Gasteiger partial charge in [-0.15, -0.1) is 0 Å². The van der Waals surface area contributed by atoms with Crippen LogP contribution in [-0.2, 0) is 16.0 Å². The summed E-state index contributed by atoms with van der Waals surface area (Å²) in [7, 11) is 1.38. The van der Waals surface area contributed by atoms with Crippen molar-refractivity contribution in [3.63, 3.8) is 0 Å². The van der Waals surface area contributed by atoms with Gasteiger partial charge in [0.25, 0.3) is 5.91 Å². The predicted octanol–water partition coefficient (Wildman–Crippen LogP) is 3.31. The van der Waals surface area contributed by atoms with Gasteiger partial charge in [-0.3, -0.25) is 9.59 Å². The van der Waals surface area contributed by atoms with Crippen LogP contribution < -0.4 is 5.73 Å². The van der Waals surface area contributed by atoms with Gasteiger partial charge in [0.15, 0.2) is 0 Å². The highest BCUT2D eigenvalue weighted by Crippen LogP contribution is 2.36. The summed E-state index contributed by atoms with van der Waals surface area (Å²) < 4.78 is 6.84. The van der Waals surface area contributed by atoms with Crippen LogP contribution in [0.3, 0.4) is 0 Å². The van der Waals surface area contributed by atoms with Gasteiger partial charge in [-0.05, 0) is 49.6 Å². The summed E-state index contributed by atoms with van der Waals surface area (Å²) in [4.78, 5) is 23.6.